The highest BCUT2D eigenvalue weighted by Crippen LogP contribution is 2.33. The molecule has 0 saturated carbocycles. The number of benzene rings is 2. The molecule has 164 valence electrons. The van der Waals surface area contributed by atoms with E-state index in [0.29, 0.717) is 24.6 Å². The zero-order valence-electron chi connectivity index (χ0n) is 16.6. The average molecular weight is 451 g/mol. The van der Waals surface area contributed by atoms with Crippen molar-refractivity contribution in [2.24, 2.45) is 0 Å². The Labute approximate surface area is 177 Å². The van der Waals surface area contributed by atoms with Crippen molar-refractivity contribution < 1.29 is 26.1 Å². The third-order valence-electron chi connectivity index (χ3n) is 5.30. The molecule has 1 saturated heterocycles. The lowest BCUT2D eigenvalue weighted by molar-refractivity contribution is -0.137. The summed E-state index contributed by atoms with van der Waals surface area (Å²) in [5.41, 5.74) is 1.01. The van der Waals surface area contributed by atoms with Crippen LogP contribution in [0, 0.1) is 6.92 Å². The molecule has 31 heavy (non-hydrogen) atoms. The molecule has 0 amide bonds. The number of sulfonamides is 1. The Morgan fingerprint density at radius 2 is 1.74 bits per heavy atom. The van der Waals surface area contributed by atoms with Crippen LogP contribution in [0.25, 0.3) is 11.4 Å². The van der Waals surface area contributed by atoms with E-state index in [4.69, 9.17) is 4.52 Å². The maximum absolute atomic E-state index is 13.0. The topological polar surface area (TPSA) is 76.3 Å². The van der Waals surface area contributed by atoms with Gasteiger partial charge in [-0.25, -0.2) is 8.42 Å². The molecular weight excluding hydrogens is 431 g/mol. The fourth-order valence-corrected chi connectivity index (χ4v) is 5.07. The van der Waals surface area contributed by atoms with Crippen LogP contribution in [0.15, 0.2) is 57.9 Å². The van der Waals surface area contributed by atoms with Crippen molar-refractivity contribution in [1.82, 2.24) is 14.4 Å². The van der Waals surface area contributed by atoms with Crippen LogP contribution in [0.5, 0.6) is 0 Å². The number of hydrogen-bond donors (Lipinski definition) is 0. The van der Waals surface area contributed by atoms with Crippen LogP contribution in [0.4, 0.5) is 13.2 Å². The van der Waals surface area contributed by atoms with Crippen molar-refractivity contribution in [3.8, 4) is 11.4 Å². The van der Waals surface area contributed by atoms with Gasteiger partial charge in [0.05, 0.1) is 16.4 Å². The zero-order valence-corrected chi connectivity index (χ0v) is 17.4. The monoisotopic (exact) mass is 451 g/mol. The highest BCUT2D eigenvalue weighted by atomic mass is 32.2. The summed E-state index contributed by atoms with van der Waals surface area (Å²) in [5.74, 6) is 0.491. The van der Waals surface area contributed by atoms with Gasteiger partial charge in [-0.05, 0) is 44.0 Å². The van der Waals surface area contributed by atoms with Gasteiger partial charge in [-0.3, -0.25) is 0 Å². The van der Waals surface area contributed by atoms with Gasteiger partial charge in [0.2, 0.25) is 21.7 Å². The predicted octanol–water partition coefficient (Wildman–Crippen LogP) is 4.63. The van der Waals surface area contributed by atoms with Gasteiger partial charge in [-0.15, -0.1) is 0 Å². The maximum atomic E-state index is 13.0. The van der Waals surface area contributed by atoms with Crippen LogP contribution in [-0.4, -0.2) is 36.0 Å². The Morgan fingerprint density at radius 1 is 1.06 bits per heavy atom. The van der Waals surface area contributed by atoms with Gasteiger partial charge in [0, 0.05) is 18.7 Å². The molecule has 2 heterocycles. The lowest BCUT2D eigenvalue weighted by Gasteiger charge is -2.30. The van der Waals surface area contributed by atoms with Crippen molar-refractivity contribution in [2.45, 2.75) is 36.8 Å². The summed E-state index contributed by atoms with van der Waals surface area (Å²) in [4.78, 5) is 4.26. The quantitative estimate of drug-likeness (QED) is 0.578. The Hall–Kier alpha value is -2.72. The van der Waals surface area contributed by atoms with Crippen LogP contribution in [-0.2, 0) is 16.2 Å². The first kappa shape index (κ1) is 21.5. The van der Waals surface area contributed by atoms with E-state index >= 15 is 0 Å². The average Bonchev–Trinajstić information content (AvgIpc) is 3.24. The molecule has 1 aliphatic rings. The molecule has 0 N–H and O–H groups in total. The van der Waals surface area contributed by atoms with E-state index in [0.717, 1.165) is 35.4 Å². The number of nitrogens with zero attached hydrogens (tertiary/aromatic N) is 3. The highest BCUT2D eigenvalue weighted by molar-refractivity contribution is 7.89. The minimum atomic E-state index is -4.52. The summed E-state index contributed by atoms with van der Waals surface area (Å²) in [5, 5.41) is 4.01. The normalized spacial score (nSPS) is 18.3. The van der Waals surface area contributed by atoms with E-state index < -0.39 is 21.8 Å². The third-order valence-corrected chi connectivity index (χ3v) is 7.18. The molecule has 6 nitrogen and oxygen atoms in total. The molecule has 0 bridgehead atoms. The molecule has 1 aliphatic heterocycles. The molecule has 0 spiro atoms. The van der Waals surface area contributed by atoms with E-state index in [-0.39, 0.29) is 23.9 Å². The molecule has 1 atom stereocenters. The predicted molar refractivity (Wildman–Crippen MR) is 107 cm³/mol. The number of hydrogen-bond acceptors (Lipinski definition) is 5. The second-order valence-electron chi connectivity index (χ2n) is 7.55. The van der Waals surface area contributed by atoms with E-state index in [1.165, 1.54) is 4.31 Å². The van der Waals surface area contributed by atoms with Gasteiger partial charge >= 0.3 is 6.18 Å². The van der Waals surface area contributed by atoms with Gasteiger partial charge in [-0.1, -0.05) is 35.0 Å². The highest BCUT2D eigenvalue weighted by Gasteiger charge is 2.35. The number of halogens is 3. The number of piperidine rings is 1. The molecule has 2 aromatic carbocycles. The first-order valence-corrected chi connectivity index (χ1v) is 11.2. The first-order valence-electron chi connectivity index (χ1n) is 9.72. The van der Waals surface area contributed by atoms with Crippen molar-refractivity contribution in [1.29, 1.82) is 0 Å². The zero-order chi connectivity index (χ0) is 22.2. The van der Waals surface area contributed by atoms with Crippen molar-refractivity contribution in [3.05, 3.63) is 65.5 Å². The summed E-state index contributed by atoms with van der Waals surface area (Å²) < 4.78 is 70.9. The molecular formula is C21H20F3N3O3S. The van der Waals surface area contributed by atoms with E-state index in [2.05, 4.69) is 10.1 Å². The molecule has 0 radical (unpaired) electrons. The Bertz CT molecular complexity index is 1160. The lowest BCUT2D eigenvalue weighted by Crippen LogP contribution is -2.39. The minimum absolute atomic E-state index is 0.124. The smallest absolute Gasteiger partial charge is 0.339 e. The van der Waals surface area contributed by atoms with Crippen molar-refractivity contribution >= 4 is 10.0 Å². The Kier molecular flexibility index (Phi) is 5.61. The minimum Gasteiger partial charge on any atom is -0.339 e. The van der Waals surface area contributed by atoms with Crippen LogP contribution < -0.4 is 0 Å². The fourth-order valence-electron chi connectivity index (χ4n) is 3.55. The van der Waals surface area contributed by atoms with Gasteiger partial charge in [0.15, 0.2) is 0 Å². The molecule has 1 fully saturated rings. The molecule has 10 heteroatoms. The summed E-state index contributed by atoms with van der Waals surface area (Å²) in [6.45, 7) is 2.37. The number of aryl methyl sites for hydroxylation is 1. The summed E-state index contributed by atoms with van der Waals surface area (Å²) in [7, 11) is -3.94. The SMILES string of the molecule is Cc1ccc(-c2noc([C@H]3CCCN(S(=O)(=O)c4ccc(C(F)(F)F)cc4)C3)n2)cc1. The van der Waals surface area contributed by atoms with Crippen LogP contribution in [0.3, 0.4) is 0 Å². The van der Waals surface area contributed by atoms with Crippen LogP contribution in [0.2, 0.25) is 0 Å². The van der Waals surface area contributed by atoms with E-state index in [1.807, 2.05) is 31.2 Å². The number of aromatic nitrogens is 2. The second kappa shape index (κ2) is 8.08. The van der Waals surface area contributed by atoms with Crippen LogP contribution in [0.1, 0.15) is 35.8 Å². The van der Waals surface area contributed by atoms with Gasteiger partial charge in [0.25, 0.3) is 0 Å². The maximum Gasteiger partial charge on any atom is 0.416 e. The fraction of sp³-hybridized carbons (Fsp3) is 0.333. The van der Waals surface area contributed by atoms with E-state index in [1.54, 1.807) is 0 Å². The van der Waals surface area contributed by atoms with Gasteiger partial charge in [-0.2, -0.15) is 22.5 Å². The van der Waals surface area contributed by atoms with Crippen molar-refractivity contribution in [3.63, 3.8) is 0 Å². The summed E-state index contributed by atoms with van der Waals surface area (Å²) >= 11 is 0. The van der Waals surface area contributed by atoms with Gasteiger partial charge in [0.1, 0.15) is 0 Å². The molecule has 3 aromatic rings. The number of alkyl halides is 3. The molecule has 0 aliphatic carbocycles. The Balaban J connectivity index is 1.52. The second-order valence-corrected chi connectivity index (χ2v) is 9.48. The van der Waals surface area contributed by atoms with E-state index in [9.17, 15) is 21.6 Å². The molecule has 0 unspecified atom stereocenters. The standard InChI is InChI=1S/C21H20F3N3O3S/c1-14-4-6-15(7-5-14)19-25-20(30-26-19)16-3-2-12-27(13-16)31(28,29)18-10-8-17(9-11-18)21(22,23)24/h4-11,16H,2-3,12-13H2,1H3/t16-/m0/s1. The third kappa shape index (κ3) is 4.49. The van der Waals surface area contributed by atoms with Gasteiger partial charge < -0.3 is 4.52 Å². The van der Waals surface area contributed by atoms with Crippen molar-refractivity contribution in [2.75, 3.05) is 13.1 Å². The number of rotatable bonds is 4. The summed E-state index contributed by atoms with van der Waals surface area (Å²) in [6, 6.07) is 11.2. The lowest BCUT2D eigenvalue weighted by atomic mass is 10.00. The van der Waals surface area contributed by atoms with Crippen LogP contribution >= 0.6 is 0 Å². The molecule has 4 rings (SSSR count). The molecule has 1 aromatic heterocycles. The largest absolute Gasteiger partial charge is 0.416 e. The first-order chi connectivity index (χ1) is 14.6. The Morgan fingerprint density at radius 3 is 2.39 bits per heavy atom. The summed E-state index contributed by atoms with van der Waals surface area (Å²) in [6.07, 6.45) is -3.27.